The second kappa shape index (κ2) is 8.77. The summed E-state index contributed by atoms with van der Waals surface area (Å²) in [6, 6.07) is 13.5. The fourth-order valence-electron chi connectivity index (χ4n) is 3.37. The van der Waals surface area contributed by atoms with Crippen LogP contribution in [-0.2, 0) is 30.9 Å². The maximum absolute atomic E-state index is 12.5. The Kier molecular flexibility index (Phi) is 6.08. The van der Waals surface area contributed by atoms with Gasteiger partial charge in [0.1, 0.15) is 25.3 Å². The van der Waals surface area contributed by atoms with Gasteiger partial charge in [-0.05, 0) is 48.4 Å². The second-order valence-corrected chi connectivity index (χ2v) is 8.91. The highest BCUT2D eigenvalue weighted by atomic mass is 32.2. The van der Waals surface area contributed by atoms with E-state index in [9.17, 15) is 18.4 Å². The summed E-state index contributed by atoms with van der Waals surface area (Å²) in [5, 5.41) is 9.94. The van der Waals surface area contributed by atoms with Crippen LogP contribution in [0, 0.1) is 6.92 Å². The Balaban J connectivity index is 1.37. The molecule has 1 aliphatic heterocycles. The Bertz CT molecular complexity index is 1100. The van der Waals surface area contributed by atoms with Crippen LogP contribution in [0.2, 0.25) is 0 Å². The van der Waals surface area contributed by atoms with E-state index in [4.69, 9.17) is 14.2 Å². The molecule has 0 saturated carbocycles. The number of sulfonamides is 1. The number of carbonyl (C=O) groups excluding carboxylic acids is 1. The highest BCUT2D eigenvalue weighted by molar-refractivity contribution is 7.89. The van der Waals surface area contributed by atoms with Gasteiger partial charge in [0.25, 0.3) is 15.9 Å². The van der Waals surface area contributed by atoms with Crippen molar-refractivity contribution < 1.29 is 32.6 Å². The molecular formula is C21H22N2O7S. The predicted octanol–water partition coefficient (Wildman–Crippen LogP) is 2.06. The molecule has 1 aliphatic carbocycles. The molecule has 0 spiro atoms. The van der Waals surface area contributed by atoms with Crippen molar-refractivity contribution in [3.05, 3.63) is 71.3 Å². The number of hydrazine groups is 1. The third kappa shape index (κ3) is 4.78. The first-order valence-corrected chi connectivity index (χ1v) is 11.1. The minimum Gasteiger partial charge on any atom is -0.489 e. The normalized spacial score (nSPS) is 20.3. The van der Waals surface area contributed by atoms with Crippen molar-refractivity contribution in [2.24, 2.45) is 0 Å². The van der Waals surface area contributed by atoms with Crippen LogP contribution in [0.25, 0.3) is 0 Å². The fraction of sp³-hybridized carbons (Fsp3) is 0.286. The van der Waals surface area contributed by atoms with Crippen molar-refractivity contribution in [1.82, 2.24) is 10.0 Å². The van der Waals surface area contributed by atoms with E-state index in [0.717, 1.165) is 11.1 Å². The molecule has 0 radical (unpaired) electrons. The first-order chi connectivity index (χ1) is 14.8. The van der Waals surface area contributed by atoms with Gasteiger partial charge < -0.3 is 14.2 Å². The quantitative estimate of drug-likeness (QED) is 0.494. The number of hydrogen-bond donors (Lipinski definition) is 2. The maximum Gasteiger partial charge on any atom is 0.289 e. The summed E-state index contributed by atoms with van der Waals surface area (Å²) in [6.45, 7) is 2.48. The highest BCUT2D eigenvalue weighted by Crippen LogP contribution is 2.29. The number of hydroxylamine groups is 1. The van der Waals surface area contributed by atoms with Crippen molar-refractivity contribution in [3.8, 4) is 5.75 Å². The molecule has 2 aliphatic rings. The van der Waals surface area contributed by atoms with Crippen molar-refractivity contribution in [2.45, 2.75) is 37.1 Å². The molecule has 0 aromatic heterocycles. The van der Waals surface area contributed by atoms with E-state index in [1.54, 1.807) is 0 Å². The third-order valence-corrected chi connectivity index (χ3v) is 6.46. The molecule has 164 valence electrons. The summed E-state index contributed by atoms with van der Waals surface area (Å²) in [6.07, 6.45) is 1.10. The zero-order chi connectivity index (χ0) is 22.0. The first-order valence-electron chi connectivity index (χ1n) is 9.60. The number of fused-ring (bicyclic) bond motifs is 1. The molecule has 10 heteroatoms. The fourth-order valence-corrected chi connectivity index (χ4v) is 4.28. The molecule has 2 unspecified atom stereocenters. The van der Waals surface area contributed by atoms with Crippen LogP contribution in [0.5, 0.6) is 5.75 Å². The van der Waals surface area contributed by atoms with Crippen molar-refractivity contribution in [2.75, 3.05) is 6.79 Å². The van der Waals surface area contributed by atoms with Crippen LogP contribution in [-0.4, -0.2) is 43.7 Å². The van der Waals surface area contributed by atoms with Gasteiger partial charge in [0.05, 0.1) is 11.0 Å². The van der Waals surface area contributed by atoms with Crippen LogP contribution in [0.4, 0.5) is 0 Å². The van der Waals surface area contributed by atoms with E-state index >= 15 is 0 Å². The van der Waals surface area contributed by atoms with Gasteiger partial charge in [-0.15, -0.1) is 5.17 Å². The molecule has 2 N–H and O–H groups in total. The molecule has 2 aromatic carbocycles. The topological polar surface area (TPSA) is 114 Å². The van der Waals surface area contributed by atoms with Crippen LogP contribution in [0.15, 0.2) is 65.1 Å². The number of carbonyl (C=O) groups is 1. The first kappa shape index (κ1) is 21.5. The molecule has 2 aromatic rings. The molecule has 2 atom stereocenters. The number of amides is 1. The molecular weight excluding hydrogens is 424 g/mol. The zero-order valence-corrected chi connectivity index (χ0v) is 17.5. The van der Waals surface area contributed by atoms with Gasteiger partial charge in [-0.1, -0.05) is 29.1 Å². The molecule has 1 saturated heterocycles. The van der Waals surface area contributed by atoms with Crippen LogP contribution < -0.4 is 9.57 Å². The van der Waals surface area contributed by atoms with Crippen LogP contribution in [0.1, 0.15) is 17.5 Å². The van der Waals surface area contributed by atoms with Gasteiger partial charge >= 0.3 is 0 Å². The summed E-state index contributed by atoms with van der Waals surface area (Å²) in [7, 11) is -4.18. The number of benzene rings is 2. The lowest BCUT2D eigenvalue weighted by Crippen LogP contribution is -2.44. The van der Waals surface area contributed by atoms with E-state index in [1.807, 2.05) is 36.0 Å². The van der Waals surface area contributed by atoms with Crippen molar-refractivity contribution in [3.63, 3.8) is 0 Å². The second-order valence-electron chi connectivity index (χ2n) is 7.25. The lowest BCUT2D eigenvalue weighted by molar-refractivity contribution is -0.167. The Morgan fingerprint density at radius 2 is 1.94 bits per heavy atom. The highest BCUT2D eigenvalue weighted by Gasteiger charge is 2.38. The average molecular weight is 446 g/mol. The van der Waals surface area contributed by atoms with Gasteiger partial charge in [0.15, 0.2) is 0 Å². The summed E-state index contributed by atoms with van der Waals surface area (Å²) < 4.78 is 41.3. The molecule has 4 rings (SSSR count). The van der Waals surface area contributed by atoms with Crippen molar-refractivity contribution >= 4 is 15.9 Å². The number of rotatable bonds is 7. The standard InChI is InChI=1S/C21H22N2O7S/c1-14-4-2-3-5-15(14)12-28-17-6-8-18(9-7-17)31(26,27)22-23(25)21(24)16-10-19-20(11-16)30-13-29-19/h2-10,19-20,22,25H,11-13H2,1H3. The Hall–Kier alpha value is -2.76. The summed E-state index contributed by atoms with van der Waals surface area (Å²) in [4.78, 5) is 14.1. The third-order valence-electron chi connectivity index (χ3n) is 5.16. The number of nitrogens with zero attached hydrogens (tertiary/aromatic N) is 1. The number of nitrogens with one attached hydrogen (secondary N) is 1. The zero-order valence-electron chi connectivity index (χ0n) is 16.7. The van der Waals surface area contributed by atoms with Crippen LogP contribution >= 0.6 is 0 Å². The minimum absolute atomic E-state index is 0.0369. The summed E-state index contributed by atoms with van der Waals surface area (Å²) in [5.41, 5.74) is 2.33. The van der Waals surface area contributed by atoms with Gasteiger partial charge in [-0.3, -0.25) is 10.0 Å². The number of hydrogen-bond acceptors (Lipinski definition) is 7. The Labute approximate surface area is 179 Å². The molecule has 9 nitrogen and oxygen atoms in total. The predicted molar refractivity (Wildman–Crippen MR) is 108 cm³/mol. The monoisotopic (exact) mass is 446 g/mol. The van der Waals surface area contributed by atoms with E-state index in [1.165, 1.54) is 30.3 Å². The molecule has 1 amide bonds. The lowest BCUT2D eigenvalue weighted by atomic mass is 10.1. The summed E-state index contributed by atoms with van der Waals surface area (Å²) >= 11 is 0. The molecule has 1 heterocycles. The number of aryl methyl sites for hydroxylation is 1. The van der Waals surface area contributed by atoms with E-state index in [0.29, 0.717) is 12.4 Å². The van der Waals surface area contributed by atoms with E-state index in [-0.39, 0.29) is 41.1 Å². The van der Waals surface area contributed by atoms with Gasteiger partial charge in [0.2, 0.25) is 0 Å². The van der Waals surface area contributed by atoms with E-state index in [2.05, 4.69) is 0 Å². The smallest absolute Gasteiger partial charge is 0.289 e. The Morgan fingerprint density at radius 1 is 1.19 bits per heavy atom. The summed E-state index contributed by atoms with van der Waals surface area (Å²) in [5.74, 6) is -0.398. The SMILES string of the molecule is Cc1ccccc1COc1ccc(S(=O)(=O)NN(O)C(=O)C2=CC3OCOC3C2)cc1. The number of ether oxygens (including phenoxy) is 3. The van der Waals surface area contributed by atoms with Gasteiger partial charge in [-0.2, -0.15) is 0 Å². The molecule has 1 fully saturated rings. The van der Waals surface area contributed by atoms with Gasteiger partial charge in [-0.25, -0.2) is 8.42 Å². The van der Waals surface area contributed by atoms with Gasteiger partial charge in [0, 0.05) is 12.0 Å². The maximum atomic E-state index is 12.5. The minimum atomic E-state index is -4.18. The van der Waals surface area contributed by atoms with Crippen molar-refractivity contribution in [1.29, 1.82) is 0 Å². The van der Waals surface area contributed by atoms with E-state index < -0.39 is 15.9 Å². The van der Waals surface area contributed by atoms with Crippen LogP contribution in [0.3, 0.4) is 0 Å². The largest absolute Gasteiger partial charge is 0.489 e. The molecule has 0 bridgehead atoms. The Morgan fingerprint density at radius 3 is 2.65 bits per heavy atom. The lowest BCUT2D eigenvalue weighted by Gasteiger charge is -2.17. The average Bonchev–Trinajstić information content (AvgIpc) is 3.35. The molecule has 31 heavy (non-hydrogen) atoms.